The molecule has 2 aromatic carbocycles. The summed E-state index contributed by atoms with van der Waals surface area (Å²) in [5.74, 6) is 6.13. The van der Waals surface area contributed by atoms with E-state index in [0.717, 1.165) is 11.3 Å². The highest BCUT2D eigenvalue weighted by molar-refractivity contribution is 5.50. The summed E-state index contributed by atoms with van der Waals surface area (Å²) in [7, 11) is 0. The highest BCUT2D eigenvalue weighted by atomic mass is 19.1. The standard InChI is InChI=1S/C13H13FN2O/c1-9-7-11(16-15)5-6-13(9)17-12-4-2-3-10(14)8-12/h2-8,16H,15H2,1H3. The molecular weight excluding hydrogens is 219 g/mol. The van der Waals surface area contributed by atoms with E-state index in [-0.39, 0.29) is 5.82 Å². The second-order valence-electron chi connectivity index (χ2n) is 3.68. The Morgan fingerprint density at radius 3 is 2.65 bits per heavy atom. The number of hydrogen-bond acceptors (Lipinski definition) is 3. The Labute approximate surface area is 99.0 Å². The number of hydrogen-bond donors (Lipinski definition) is 2. The third kappa shape index (κ3) is 2.73. The van der Waals surface area contributed by atoms with Crippen LogP contribution in [0.25, 0.3) is 0 Å². The first-order chi connectivity index (χ1) is 8.19. The van der Waals surface area contributed by atoms with Crippen LogP contribution in [0.4, 0.5) is 10.1 Å². The molecule has 0 fully saturated rings. The van der Waals surface area contributed by atoms with Gasteiger partial charge in [0, 0.05) is 11.8 Å². The Hall–Kier alpha value is -2.07. The molecule has 0 saturated carbocycles. The van der Waals surface area contributed by atoms with E-state index in [1.807, 2.05) is 13.0 Å². The summed E-state index contributed by atoms with van der Waals surface area (Å²) in [5.41, 5.74) is 4.27. The molecule has 0 aliphatic carbocycles. The first-order valence-electron chi connectivity index (χ1n) is 5.20. The largest absolute Gasteiger partial charge is 0.457 e. The molecule has 0 saturated heterocycles. The third-order valence-corrected chi connectivity index (χ3v) is 2.37. The van der Waals surface area contributed by atoms with Crippen molar-refractivity contribution in [1.82, 2.24) is 0 Å². The van der Waals surface area contributed by atoms with Gasteiger partial charge in [0.1, 0.15) is 17.3 Å². The minimum absolute atomic E-state index is 0.319. The number of aryl methyl sites for hydroxylation is 1. The molecule has 2 aromatic rings. The Balaban J connectivity index is 2.24. The lowest BCUT2D eigenvalue weighted by molar-refractivity contribution is 0.473. The fraction of sp³-hybridized carbons (Fsp3) is 0.0769. The van der Waals surface area contributed by atoms with Crippen LogP contribution in [0.3, 0.4) is 0 Å². The average Bonchev–Trinajstić information content (AvgIpc) is 2.32. The average molecular weight is 232 g/mol. The van der Waals surface area contributed by atoms with E-state index in [4.69, 9.17) is 10.6 Å². The summed E-state index contributed by atoms with van der Waals surface area (Å²) in [4.78, 5) is 0. The van der Waals surface area contributed by atoms with Crippen molar-refractivity contribution in [2.45, 2.75) is 6.92 Å². The molecule has 0 aliphatic heterocycles. The molecule has 2 rings (SSSR count). The third-order valence-electron chi connectivity index (χ3n) is 2.37. The van der Waals surface area contributed by atoms with E-state index in [1.165, 1.54) is 12.1 Å². The number of nitrogens with two attached hydrogens (primary N) is 1. The monoisotopic (exact) mass is 232 g/mol. The van der Waals surface area contributed by atoms with Gasteiger partial charge in [-0.3, -0.25) is 5.84 Å². The molecule has 88 valence electrons. The summed E-state index contributed by atoms with van der Waals surface area (Å²) in [5, 5.41) is 0. The Kier molecular flexibility index (Phi) is 3.25. The van der Waals surface area contributed by atoms with Gasteiger partial charge in [0.15, 0.2) is 0 Å². The first-order valence-corrected chi connectivity index (χ1v) is 5.20. The number of rotatable bonds is 3. The van der Waals surface area contributed by atoms with Gasteiger partial charge in [-0.25, -0.2) is 4.39 Å². The van der Waals surface area contributed by atoms with Crippen molar-refractivity contribution in [3.8, 4) is 11.5 Å². The lowest BCUT2D eigenvalue weighted by Crippen LogP contribution is -2.06. The van der Waals surface area contributed by atoms with Gasteiger partial charge in [-0.05, 0) is 42.8 Å². The first kappa shape index (κ1) is 11.4. The van der Waals surface area contributed by atoms with Crippen LogP contribution in [0.15, 0.2) is 42.5 Å². The van der Waals surface area contributed by atoms with Gasteiger partial charge in [-0.2, -0.15) is 0 Å². The van der Waals surface area contributed by atoms with Gasteiger partial charge in [-0.1, -0.05) is 6.07 Å². The number of benzene rings is 2. The summed E-state index contributed by atoms with van der Waals surface area (Å²) < 4.78 is 18.6. The Morgan fingerprint density at radius 2 is 2.00 bits per heavy atom. The molecule has 0 radical (unpaired) electrons. The minimum Gasteiger partial charge on any atom is -0.457 e. The van der Waals surface area contributed by atoms with Gasteiger partial charge in [0.25, 0.3) is 0 Å². The highest BCUT2D eigenvalue weighted by Crippen LogP contribution is 2.27. The van der Waals surface area contributed by atoms with E-state index < -0.39 is 0 Å². The predicted octanol–water partition coefficient (Wildman–Crippen LogP) is 3.21. The predicted molar refractivity (Wildman–Crippen MR) is 65.5 cm³/mol. The molecule has 0 aromatic heterocycles. The van der Waals surface area contributed by atoms with Crippen molar-refractivity contribution in [1.29, 1.82) is 0 Å². The van der Waals surface area contributed by atoms with E-state index >= 15 is 0 Å². The molecular formula is C13H13FN2O. The maximum absolute atomic E-state index is 13.0. The van der Waals surface area contributed by atoms with E-state index in [1.54, 1.807) is 24.3 Å². The fourth-order valence-electron chi connectivity index (χ4n) is 1.51. The molecule has 4 heteroatoms. The maximum Gasteiger partial charge on any atom is 0.130 e. The molecule has 3 N–H and O–H groups in total. The normalized spacial score (nSPS) is 10.1. The summed E-state index contributed by atoms with van der Waals surface area (Å²) >= 11 is 0. The van der Waals surface area contributed by atoms with Crippen LogP contribution in [0.5, 0.6) is 11.5 Å². The quantitative estimate of drug-likeness (QED) is 0.631. The number of nitrogen functional groups attached to an aromatic ring is 1. The van der Waals surface area contributed by atoms with Crippen LogP contribution in [0.1, 0.15) is 5.56 Å². The molecule has 17 heavy (non-hydrogen) atoms. The zero-order valence-electron chi connectivity index (χ0n) is 9.41. The molecule has 0 heterocycles. The van der Waals surface area contributed by atoms with Crippen molar-refractivity contribution in [3.63, 3.8) is 0 Å². The maximum atomic E-state index is 13.0. The summed E-state index contributed by atoms with van der Waals surface area (Å²) in [6.45, 7) is 1.90. The van der Waals surface area contributed by atoms with Crippen LogP contribution in [-0.4, -0.2) is 0 Å². The SMILES string of the molecule is Cc1cc(NN)ccc1Oc1cccc(F)c1. The lowest BCUT2D eigenvalue weighted by Gasteiger charge is -2.10. The Bertz CT molecular complexity index is 529. The molecule has 0 aliphatic rings. The molecule has 3 nitrogen and oxygen atoms in total. The lowest BCUT2D eigenvalue weighted by atomic mass is 10.2. The van der Waals surface area contributed by atoms with Crippen LogP contribution in [-0.2, 0) is 0 Å². The number of anilines is 1. The van der Waals surface area contributed by atoms with E-state index in [2.05, 4.69) is 5.43 Å². The van der Waals surface area contributed by atoms with Crippen molar-refractivity contribution < 1.29 is 9.13 Å². The van der Waals surface area contributed by atoms with Gasteiger partial charge in [-0.15, -0.1) is 0 Å². The molecule has 0 amide bonds. The van der Waals surface area contributed by atoms with Gasteiger partial charge in [0.2, 0.25) is 0 Å². The van der Waals surface area contributed by atoms with Gasteiger partial charge >= 0.3 is 0 Å². The number of nitrogens with one attached hydrogen (secondary N) is 1. The van der Waals surface area contributed by atoms with Crippen LogP contribution in [0.2, 0.25) is 0 Å². The van der Waals surface area contributed by atoms with Crippen molar-refractivity contribution in [3.05, 3.63) is 53.8 Å². The molecule has 0 spiro atoms. The smallest absolute Gasteiger partial charge is 0.130 e. The van der Waals surface area contributed by atoms with Crippen LogP contribution in [0, 0.1) is 12.7 Å². The summed E-state index contributed by atoms with van der Waals surface area (Å²) in [6, 6.07) is 11.5. The van der Waals surface area contributed by atoms with Gasteiger partial charge in [0.05, 0.1) is 0 Å². The second kappa shape index (κ2) is 4.84. The van der Waals surface area contributed by atoms with E-state index in [0.29, 0.717) is 11.5 Å². The van der Waals surface area contributed by atoms with E-state index in [9.17, 15) is 4.39 Å². The fourth-order valence-corrected chi connectivity index (χ4v) is 1.51. The van der Waals surface area contributed by atoms with Crippen molar-refractivity contribution in [2.24, 2.45) is 5.84 Å². The molecule has 0 unspecified atom stereocenters. The zero-order valence-corrected chi connectivity index (χ0v) is 9.41. The zero-order chi connectivity index (χ0) is 12.3. The van der Waals surface area contributed by atoms with Crippen molar-refractivity contribution >= 4 is 5.69 Å². The van der Waals surface area contributed by atoms with Crippen LogP contribution < -0.4 is 16.0 Å². The minimum atomic E-state index is -0.319. The second-order valence-corrected chi connectivity index (χ2v) is 3.68. The number of halogens is 1. The highest BCUT2D eigenvalue weighted by Gasteiger charge is 2.03. The number of ether oxygens (including phenoxy) is 1. The Morgan fingerprint density at radius 1 is 1.18 bits per heavy atom. The summed E-state index contributed by atoms with van der Waals surface area (Å²) in [6.07, 6.45) is 0. The molecule has 0 atom stereocenters. The van der Waals surface area contributed by atoms with Crippen molar-refractivity contribution in [2.75, 3.05) is 5.43 Å². The van der Waals surface area contributed by atoms with Gasteiger partial charge < -0.3 is 10.2 Å². The van der Waals surface area contributed by atoms with Crippen LogP contribution >= 0.6 is 0 Å². The topological polar surface area (TPSA) is 47.3 Å². The molecule has 0 bridgehead atoms. The number of hydrazine groups is 1.